The number of amides is 1. The molecule has 1 aromatic carbocycles. The van der Waals surface area contributed by atoms with Gasteiger partial charge in [-0.05, 0) is 37.5 Å². The van der Waals surface area contributed by atoms with Gasteiger partial charge in [0.05, 0.1) is 5.39 Å². The summed E-state index contributed by atoms with van der Waals surface area (Å²) in [7, 11) is 5.49. The van der Waals surface area contributed by atoms with Crippen LogP contribution in [-0.2, 0) is 11.8 Å². The summed E-state index contributed by atoms with van der Waals surface area (Å²) in [5.41, 5.74) is 0.936. The van der Waals surface area contributed by atoms with Crippen LogP contribution in [0.1, 0.15) is 32.1 Å². The van der Waals surface area contributed by atoms with Gasteiger partial charge in [0.1, 0.15) is 5.52 Å². The van der Waals surface area contributed by atoms with Gasteiger partial charge in [0, 0.05) is 30.2 Å². The largest absolute Gasteiger partial charge is 0.326 e. The van der Waals surface area contributed by atoms with Crippen LogP contribution >= 0.6 is 21.6 Å². The van der Waals surface area contributed by atoms with Crippen molar-refractivity contribution in [3.8, 4) is 0 Å². The Morgan fingerprint density at radius 3 is 3.08 bits per heavy atom. The molecule has 1 fully saturated rings. The lowest BCUT2D eigenvalue weighted by molar-refractivity contribution is -0.116. The number of nitrogens with zero attached hydrogens (tertiary/aromatic N) is 3. The monoisotopic (exact) mass is 364 g/mol. The first-order valence-corrected chi connectivity index (χ1v) is 10.4. The Morgan fingerprint density at radius 2 is 2.29 bits per heavy atom. The smallest absolute Gasteiger partial charge is 0.277 e. The van der Waals surface area contributed by atoms with Gasteiger partial charge in [-0.15, -0.1) is 5.10 Å². The highest BCUT2D eigenvalue weighted by molar-refractivity contribution is 8.77. The molecule has 6 nitrogen and oxygen atoms in total. The van der Waals surface area contributed by atoms with E-state index < -0.39 is 0 Å². The van der Waals surface area contributed by atoms with E-state index in [-0.39, 0.29) is 11.5 Å². The van der Waals surface area contributed by atoms with Gasteiger partial charge in [0.25, 0.3) is 5.56 Å². The van der Waals surface area contributed by atoms with Crippen LogP contribution in [0.25, 0.3) is 10.9 Å². The molecule has 0 saturated carbocycles. The van der Waals surface area contributed by atoms with E-state index in [4.69, 9.17) is 0 Å². The second kappa shape index (κ2) is 8.02. The van der Waals surface area contributed by atoms with Crippen molar-refractivity contribution >= 4 is 44.1 Å². The first-order valence-electron chi connectivity index (χ1n) is 8.05. The molecular formula is C16H20N4O2S2. The third-order valence-corrected chi connectivity index (χ3v) is 7.01. The number of benzene rings is 1. The second-order valence-electron chi connectivity index (χ2n) is 5.87. The van der Waals surface area contributed by atoms with Crippen molar-refractivity contribution in [3.63, 3.8) is 0 Å². The van der Waals surface area contributed by atoms with Crippen LogP contribution in [0.4, 0.5) is 5.69 Å². The van der Waals surface area contributed by atoms with Crippen molar-refractivity contribution < 1.29 is 4.79 Å². The Hall–Kier alpha value is -1.54. The van der Waals surface area contributed by atoms with Gasteiger partial charge in [-0.2, -0.15) is 0 Å². The summed E-state index contributed by atoms with van der Waals surface area (Å²) >= 11 is 0. The van der Waals surface area contributed by atoms with Crippen LogP contribution in [0.5, 0.6) is 0 Å². The number of carbonyl (C=O) groups is 1. The molecule has 3 rings (SSSR count). The molecule has 1 aliphatic rings. The van der Waals surface area contributed by atoms with Crippen molar-refractivity contribution in [1.29, 1.82) is 0 Å². The molecule has 1 amide bonds. The van der Waals surface area contributed by atoms with E-state index in [1.54, 1.807) is 25.2 Å². The van der Waals surface area contributed by atoms with Gasteiger partial charge < -0.3 is 5.32 Å². The van der Waals surface area contributed by atoms with Crippen LogP contribution in [0.2, 0.25) is 0 Å². The van der Waals surface area contributed by atoms with Gasteiger partial charge in [0.15, 0.2) is 0 Å². The molecule has 1 aromatic heterocycles. The summed E-state index contributed by atoms with van der Waals surface area (Å²) in [5.74, 6) is 1.24. The highest BCUT2D eigenvalue weighted by Gasteiger charge is 2.16. The van der Waals surface area contributed by atoms with E-state index in [2.05, 4.69) is 15.6 Å². The molecule has 0 spiro atoms. The lowest BCUT2D eigenvalue weighted by Crippen LogP contribution is -2.21. The first-order chi connectivity index (χ1) is 11.6. The van der Waals surface area contributed by atoms with Gasteiger partial charge in [-0.1, -0.05) is 33.2 Å². The highest BCUT2D eigenvalue weighted by Crippen LogP contribution is 2.39. The van der Waals surface area contributed by atoms with Crippen molar-refractivity contribution in [1.82, 2.24) is 15.0 Å². The molecule has 1 N–H and O–H groups in total. The number of hydrogen-bond acceptors (Lipinski definition) is 6. The normalized spacial score (nSPS) is 17.3. The summed E-state index contributed by atoms with van der Waals surface area (Å²) in [6.07, 6.45) is 4.97. The molecule has 0 radical (unpaired) electrons. The first kappa shape index (κ1) is 17.3. The molecule has 8 heteroatoms. The minimum absolute atomic E-state index is 0.0124. The number of nitrogens with one attached hydrogen (secondary N) is 1. The number of hydrogen-bond donors (Lipinski definition) is 1. The van der Waals surface area contributed by atoms with Gasteiger partial charge in [-0.3, -0.25) is 9.59 Å². The van der Waals surface area contributed by atoms with Crippen LogP contribution in [0, 0.1) is 0 Å². The topological polar surface area (TPSA) is 76.9 Å². The van der Waals surface area contributed by atoms with Crippen LogP contribution in [0.3, 0.4) is 0 Å². The summed E-state index contributed by atoms with van der Waals surface area (Å²) < 4.78 is 1.19. The number of carbonyl (C=O) groups excluding carboxylic acids is 1. The standard InChI is InChI=1S/C16H20N4O2S2/c1-20-16(22)13-10-11(6-7-14(13)18-19-20)17-15(21)5-3-2-4-12-8-9-23-24-12/h6-7,10,12H,2-5,8-9H2,1H3,(H,17,21). The van der Waals surface area contributed by atoms with Gasteiger partial charge >= 0.3 is 0 Å². The van der Waals surface area contributed by atoms with Crippen molar-refractivity contribution in [2.75, 3.05) is 11.1 Å². The maximum Gasteiger partial charge on any atom is 0.277 e. The second-order valence-corrected chi connectivity index (χ2v) is 8.66. The van der Waals surface area contributed by atoms with Crippen molar-refractivity contribution in [3.05, 3.63) is 28.6 Å². The van der Waals surface area contributed by atoms with E-state index in [1.807, 2.05) is 21.6 Å². The maximum atomic E-state index is 12.1. The SMILES string of the molecule is Cn1nnc2ccc(NC(=O)CCCCC3CCSS3)cc2c1=O. The zero-order valence-electron chi connectivity index (χ0n) is 13.5. The number of fused-ring (bicyclic) bond motifs is 1. The summed E-state index contributed by atoms with van der Waals surface area (Å²) in [6.45, 7) is 0. The van der Waals surface area contributed by atoms with Crippen LogP contribution in [-0.4, -0.2) is 31.9 Å². The molecule has 2 heterocycles. The Balaban J connectivity index is 1.53. The molecule has 128 valence electrons. The zero-order chi connectivity index (χ0) is 16.9. The fourth-order valence-electron chi connectivity index (χ4n) is 2.65. The third-order valence-electron chi connectivity index (χ3n) is 4.00. The summed E-state index contributed by atoms with van der Waals surface area (Å²) in [4.78, 5) is 24.1. The Bertz CT molecular complexity index is 787. The Kier molecular flexibility index (Phi) is 5.78. The molecule has 0 bridgehead atoms. The average molecular weight is 364 g/mol. The van der Waals surface area contributed by atoms with E-state index in [0.29, 0.717) is 23.0 Å². The molecule has 1 saturated heterocycles. The van der Waals surface area contributed by atoms with E-state index in [1.165, 1.54) is 23.3 Å². The number of unbranched alkanes of at least 4 members (excludes halogenated alkanes) is 1. The fourth-order valence-corrected chi connectivity index (χ4v) is 5.68. The molecule has 1 atom stereocenters. The lowest BCUT2D eigenvalue weighted by Gasteiger charge is -2.08. The Labute approximate surface area is 148 Å². The third kappa shape index (κ3) is 4.30. The van der Waals surface area contributed by atoms with E-state index in [0.717, 1.165) is 18.1 Å². The summed E-state index contributed by atoms with van der Waals surface area (Å²) in [6, 6.07) is 5.12. The van der Waals surface area contributed by atoms with Gasteiger partial charge in [0.2, 0.25) is 5.91 Å². The maximum absolute atomic E-state index is 12.1. The van der Waals surface area contributed by atoms with E-state index >= 15 is 0 Å². The zero-order valence-corrected chi connectivity index (χ0v) is 15.2. The van der Waals surface area contributed by atoms with Crippen LogP contribution < -0.4 is 10.9 Å². The molecule has 1 aliphatic heterocycles. The molecule has 24 heavy (non-hydrogen) atoms. The molecule has 0 aliphatic carbocycles. The average Bonchev–Trinajstić information content (AvgIpc) is 3.09. The molecule has 2 aromatic rings. The molecular weight excluding hydrogens is 344 g/mol. The van der Waals surface area contributed by atoms with Gasteiger partial charge in [-0.25, -0.2) is 4.68 Å². The minimum Gasteiger partial charge on any atom is -0.326 e. The number of aryl methyl sites for hydroxylation is 1. The number of anilines is 1. The summed E-state index contributed by atoms with van der Waals surface area (Å²) in [5, 5.41) is 11.8. The van der Waals surface area contributed by atoms with Crippen molar-refractivity contribution in [2.45, 2.75) is 37.4 Å². The predicted octanol–water partition coefficient (Wildman–Crippen LogP) is 2.98. The highest BCUT2D eigenvalue weighted by atomic mass is 33.1. The minimum atomic E-state index is -0.219. The van der Waals surface area contributed by atoms with E-state index in [9.17, 15) is 9.59 Å². The van der Waals surface area contributed by atoms with Crippen molar-refractivity contribution in [2.24, 2.45) is 7.05 Å². The number of rotatable bonds is 6. The quantitative estimate of drug-likeness (QED) is 0.627. The predicted molar refractivity (Wildman–Crippen MR) is 100 cm³/mol. The molecule has 1 unspecified atom stereocenters. The lowest BCUT2D eigenvalue weighted by atomic mass is 10.1. The number of aromatic nitrogens is 3. The van der Waals surface area contributed by atoms with Crippen LogP contribution in [0.15, 0.2) is 23.0 Å². The Morgan fingerprint density at radius 1 is 1.42 bits per heavy atom. The fraction of sp³-hybridized carbons (Fsp3) is 0.500.